The van der Waals surface area contributed by atoms with Crippen molar-refractivity contribution in [1.29, 1.82) is 0 Å². The van der Waals surface area contributed by atoms with E-state index in [0.717, 1.165) is 0 Å². The van der Waals surface area contributed by atoms with E-state index in [1.807, 2.05) is 0 Å². The van der Waals surface area contributed by atoms with Crippen LogP contribution in [0.5, 0.6) is 0 Å². The summed E-state index contributed by atoms with van der Waals surface area (Å²) < 4.78 is 32.3. The maximum atomic E-state index is 12.3. The van der Waals surface area contributed by atoms with Gasteiger partial charge < -0.3 is 10.3 Å². The van der Waals surface area contributed by atoms with Gasteiger partial charge in [0, 0.05) is 17.1 Å². The van der Waals surface area contributed by atoms with Crippen LogP contribution in [-0.2, 0) is 16.6 Å². The van der Waals surface area contributed by atoms with Crippen molar-refractivity contribution in [1.82, 2.24) is 14.9 Å². The zero-order chi connectivity index (χ0) is 14.9. The molecule has 0 spiro atoms. The van der Waals surface area contributed by atoms with Crippen molar-refractivity contribution < 1.29 is 12.9 Å². The van der Waals surface area contributed by atoms with Gasteiger partial charge in [0.25, 0.3) is 0 Å². The monoisotopic (exact) mass is 360 g/mol. The first kappa shape index (κ1) is 14.9. The molecule has 2 rings (SSSR count). The molecule has 0 radical (unpaired) electrons. The molecule has 0 fully saturated rings. The van der Waals surface area contributed by atoms with E-state index in [0.29, 0.717) is 21.6 Å². The van der Waals surface area contributed by atoms with E-state index in [9.17, 15) is 8.42 Å². The van der Waals surface area contributed by atoms with Gasteiger partial charge in [0.1, 0.15) is 0 Å². The highest BCUT2D eigenvalue weighted by molar-refractivity contribution is 9.10. The van der Waals surface area contributed by atoms with Crippen LogP contribution in [0.2, 0.25) is 0 Å². The van der Waals surface area contributed by atoms with Crippen LogP contribution in [0.25, 0.3) is 0 Å². The van der Waals surface area contributed by atoms with Crippen molar-refractivity contribution in [2.24, 2.45) is 0 Å². The third-order valence-electron chi connectivity index (χ3n) is 2.64. The molecule has 0 atom stereocenters. The molecule has 2 aromatic rings. The molecular weight excluding hydrogens is 348 g/mol. The molecule has 0 unspecified atom stereocenters. The Balaban J connectivity index is 2.27. The Kier molecular flexibility index (Phi) is 4.11. The van der Waals surface area contributed by atoms with E-state index >= 15 is 0 Å². The summed E-state index contributed by atoms with van der Waals surface area (Å²) in [4.78, 5) is 4.04. The van der Waals surface area contributed by atoms with Crippen molar-refractivity contribution in [3.8, 4) is 0 Å². The van der Waals surface area contributed by atoms with Crippen molar-refractivity contribution >= 4 is 31.6 Å². The molecule has 1 heterocycles. The van der Waals surface area contributed by atoms with E-state index in [2.05, 4.69) is 30.8 Å². The third-order valence-corrected chi connectivity index (χ3v) is 4.63. The molecule has 1 aromatic carbocycles. The lowest BCUT2D eigenvalue weighted by molar-refractivity contribution is 0.387. The molecule has 0 amide bonds. The number of aromatic nitrogens is 2. The first-order valence-electron chi connectivity index (χ1n) is 5.64. The molecule has 7 nitrogen and oxygen atoms in total. The fourth-order valence-corrected chi connectivity index (χ4v) is 3.51. The van der Waals surface area contributed by atoms with Gasteiger partial charge in [-0.25, -0.2) is 13.1 Å². The highest BCUT2D eigenvalue weighted by atomic mass is 79.9. The number of nitrogen functional groups attached to an aromatic ring is 1. The van der Waals surface area contributed by atoms with Gasteiger partial charge in [-0.1, -0.05) is 21.1 Å². The minimum absolute atomic E-state index is 0.0501. The molecule has 0 saturated carbocycles. The second kappa shape index (κ2) is 5.51. The summed E-state index contributed by atoms with van der Waals surface area (Å²) in [7, 11) is -3.71. The summed E-state index contributed by atoms with van der Waals surface area (Å²) in [6.07, 6.45) is 0. The lowest BCUT2D eigenvalue weighted by Gasteiger charge is -2.10. The Labute approximate surface area is 124 Å². The molecule has 3 N–H and O–H groups in total. The summed E-state index contributed by atoms with van der Waals surface area (Å²) >= 11 is 3.23. The van der Waals surface area contributed by atoms with Crippen LogP contribution in [0.3, 0.4) is 0 Å². The van der Waals surface area contributed by atoms with Crippen LogP contribution >= 0.6 is 15.9 Å². The minimum Gasteiger partial charge on any atom is -0.398 e. The topological polar surface area (TPSA) is 111 Å². The molecule has 9 heteroatoms. The maximum absolute atomic E-state index is 12.3. The van der Waals surface area contributed by atoms with E-state index in [4.69, 9.17) is 10.3 Å². The van der Waals surface area contributed by atoms with Crippen molar-refractivity contribution in [3.05, 3.63) is 33.9 Å². The highest BCUT2D eigenvalue weighted by Gasteiger charge is 2.19. The molecule has 0 bridgehead atoms. The number of anilines is 1. The SMILES string of the molecule is Cc1nc(CNS(=O)(=O)c2cc(Br)cc(N)c2C)no1. The summed E-state index contributed by atoms with van der Waals surface area (Å²) in [5, 5.41) is 3.62. The molecule has 1 aromatic heterocycles. The Hall–Kier alpha value is -1.45. The van der Waals surface area contributed by atoms with Crippen molar-refractivity contribution in [2.45, 2.75) is 25.3 Å². The average molecular weight is 361 g/mol. The fraction of sp³-hybridized carbons (Fsp3) is 0.273. The summed E-state index contributed by atoms with van der Waals surface area (Å²) in [6.45, 7) is 3.23. The number of rotatable bonds is 4. The van der Waals surface area contributed by atoms with Crippen molar-refractivity contribution in [2.75, 3.05) is 5.73 Å². The standard InChI is InChI=1S/C11H13BrN4O3S/c1-6-9(13)3-8(12)4-10(6)20(17,18)14-5-11-15-7(2)19-16-11/h3-4,14H,5,13H2,1-2H3. The van der Waals surface area contributed by atoms with Crippen LogP contribution in [-0.4, -0.2) is 18.6 Å². The molecule has 0 saturated heterocycles. The second-order valence-electron chi connectivity index (χ2n) is 4.17. The first-order chi connectivity index (χ1) is 9.29. The number of aryl methyl sites for hydroxylation is 1. The number of nitrogens with one attached hydrogen (secondary N) is 1. The largest absolute Gasteiger partial charge is 0.398 e. The smallest absolute Gasteiger partial charge is 0.241 e. The van der Waals surface area contributed by atoms with Crippen LogP contribution in [0.15, 0.2) is 26.0 Å². The van der Waals surface area contributed by atoms with Crippen LogP contribution in [0, 0.1) is 13.8 Å². The summed E-state index contributed by atoms with van der Waals surface area (Å²) in [5.74, 6) is 0.647. The average Bonchev–Trinajstić information content (AvgIpc) is 2.77. The molecule has 0 aliphatic heterocycles. The quantitative estimate of drug-likeness (QED) is 0.799. The number of nitrogens with zero attached hydrogens (tertiary/aromatic N) is 2. The van der Waals surface area contributed by atoms with Gasteiger partial charge >= 0.3 is 0 Å². The lowest BCUT2D eigenvalue weighted by atomic mass is 10.2. The van der Waals surface area contributed by atoms with E-state index in [-0.39, 0.29) is 17.3 Å². The Morgan fingerprint density at radius 1 is 1.40 bits per heavy atom. The predicted octanol–water partition coefficient (Wildman–Crippen LogP) is 1.51. The minimum atomic E-state index is -3.71. The molecular formula is C11H13BrN4O3S. The maximum Gasteiger partial charge on any atom is 0.241 e. The Bertz CT molecular complexity index is 742. The van der Waals surface area contributed by atoms with Gasteiger partial charge in [-0.2, -0.15) is 4.98 Å². The van der Waals surface area contributed by atoms with Gasteiger partial charge in [0.2, 0.25) is 15.9 Å². The molecule has 0 aliphatic carbocycles. The van der Waals surface area contributed by atoms with Crippen LogP contribution in [0.1, 0.15) is 17.3 Å². The number of benzene rings is 1. The molecule has 0 aliphatic rings. The van der Waals surface area contributed by atoms with Crippen molar-refractivity contribution in [3.63, 3.8) is 0 Å². The number of nitrogens with two attached hydrogens (primary N) is 1. The molecule has 108 valence electrons. The number of hydrogen-bond acceptors (Lipinski definition) is 6. The van der Waals surface area contributed by atoms with E-state index in [1.54, 1.807) is 19.9 Å². The third kappa shape index (κ3) is 3.17. The van der Waals surface area contributed by atoms with Gasteiger partial charge in [-0.3, -0.25) is 0 Å². The predicted molar refractivity (Wildman–Crippen MR) is 76.4 cm³/mol. The highest BCUT2D eigenvalue weighted by Crippen LogP contribution is 2.26. The summed E-state index contributed by atoms with van der Waals surface area (Å²) in [6, 6.07) is 3.15. The van der Waals surface area contributed by atoms with Crippen LogP contribution < -0.4 is 10.5 Å². The van der Waals surface area contributed by atoms with E-state index < -0.39 is 10.0 Å². The van der Waals surface area contributed by atoms with Crippen LogP contribution in [0.4, 0.5) is 5.69 Å². The van der Waals surface area contributed by atoms with Gasteiger partial charge in [0.15, 0.2) is 5.82 Å². The normalized spacial score (nSPS) is 11.8. The second-order valence-corrected chi connectivity index (χ2v) is 6.82. The Morgan fingerprint density at radius 3 is 2.70 bits per heavy atom. The van der Waals surface area contributed by atoms with Gasteiger partial charge in [-0.15, -0.1) is 0 Å². The number of halogens is 1. The zero-order valence-corrected chi connectivity index (χ0v) is 13.2. The summed E-state index contributed by atoms with van der Waals surface area (Å²) in [5.41, 5.74) is 6.66. The molecule has 20 heavy (non-hydrogen) atoms. The number of hydrogen-bond donors (Lipinski definition) is 2. The lowest BCUT2D eigenvalue weighted by Crippen LogP contribution is -2.25. The van der Waals surface area contributed by atoms with Gasteiger partial charge in [-0.05, 0) is 24.6 Å². The Morgan fingerprint density at radius 2 is 2.10 bits per heavy atom. The number of sulfonamides is 1. The van der Waals surface area contributed by atoms with Gasteiger partial charge in [0.05, 0.1) is 11.4 Å². The zero-order valence-electron chi connectivity index (χ0n) is 10.8. The first-order valence-corrected chi connectivity index (χ1v) is 7.91. The fourth-order valence-electron chi connectivity index (χ4n) is 1.60. The van der Waals surface area contributed by atoms with E-state index in [1.165, 1.54) is 6.07 Å².